The molecular weight excluding hydrogens is 416 g/mol. The maximum absolute atomic E-state index is 10.1. The summed E-state index contributed by atoms with van der Waals surface area (Å²) in [6.07, 6.45) is 7.17. The first kappa shape index (κ1) is 29.7. The van der Waals surface area contributed by atoms with Crippen molar-refractivity contribution in [3.05, 3.63) is 0 Å². The Morgan fingerprint density at radius 3 is 1.72 bits per heavy atom. The van der Waals surface area contributed by atoms with E-state index in [0.717, 1.165) is 19.3 Å². The average Bonchev–Trinajstić information content (AvgIpc) is 2.79. The van der Waals surface area contributed by atoms with E-state index in [9.17, 15) is 30.6 Å². The summed E-state index contributed by atoms with van der Waals surface area (Å²) in [5, 5.41) is 58.8. The fourth-order valence-electron chi connectivity index (χ4n) is 4.09. The summed E-state index contributed by atoms with van der Waals surface area (Å²) in [6.45, 7) is 1.71. The number of rotatable bonds is 19. The Kier molecular flexibility index (Phi) is 16.8. The molecule has 0 spiro atoms. The van der Waals surface area contributed by atoms with Gasteiger partial charge in [0.2, 0.25) is 0 Å². The van der Waals surface area contributed by atoms with Crippen molar-refractivity contribution in [3.8, 4) is 0 Å². The van der Waals surface area contributed by atoms with Gasteiger partial charge in [-0.2, -0.15) is 0 Å². The molecule has 1 saturated heterocycles. The van der Waals surface area contributed by atoms with Gasteiger partial charge in [0.05, 0.1) is 25.4 Å². The summed E-state index contributed by atoms with van der Waals surface area (Å²) < 4.78 is 10.6. The molecule has 0 bridgehead atoms. The first-order valence-electron chi connectivity index (χ1n) is 12.7. The lowest BCUT2D eigenvalue weighted by atomic mass is 9.99. The highest BCUT2D eigenvalue weighted by Crippen LogP contribution is 2.22. The van der Waals surface area contributed by atoms with Crippen molar-refractivity contribution in [2.24, 2.45) is 0 Å². The maximum atomic E-state index is 10.1. The Morgan fingerprint density at radius 2 is 1.19 bits per heavy atom. The van der Waals surface area contributed by atoms with E-state index < -0.39 is 49.5 Å². The van der Waals surface area contributed by atoms with E-state index >= 15 is 0 Å². The number of hydrogen-bond acceptors (Lipinski definition) is 8. The lowest BCUT2D eigenvalue weighted by molar-refractivity contribution is -0.302. The van der Waals surface area contributed by atoms with Gasteiger partial charge in [0.1, 0.15) is 24.4 Å². The first-order valence-corrected chi connectivity index (χ1v) is 12.7. The molecule has 0 aliphatic carbocycles. The zero-order chi connectivity index (χ0) is 23.8. The molecule has 192 valence electrons. The van der Waals surface area contributed by atoms with Crippen LogP contribution in [0.25, 0.3) is 0 Å². The molecule has 1 fully saturated rings. The number of aliphatic hydroxyl groups excluding tert-OH is 6. The highest BCUT2D eigenvalue weighted by atomic mass is 16.7. The molecule has 8 nitrogen and oxygen atoms in total. The van der Waals surface area contributed by atoms with Crippen molar-refractivity contribution in [1.82, 2.24) is 0 Å². The van der Waals surface area contributed by atoms with Crippen LogP contribution in [-0.4, -0.2) is 86.8 Å². The molecule has 8 heteroatoms. The fourth-order valence-corrected chi connectivity index (χ4v) is 4.09. The van der Waals surface area contributed by atoms with E-state index in [4.69, 9.17) is 9.47 Å². The zero-order valence-corrected chi connectivity index (χ0v) is 19.9. The van der Waals surface area contributed by atoms with Crippen LogP contribution in [-0.2, 0) is 9.47 Å². The minimum absolute atomic E-state index is 0.000633. The largest absolute Gasteiger partial charge is 0.394 e. The Bertz CT molecular complexity index is 436. The summed E-state index contributed by atoms with van der Waals surface area (Å²) >= 11 is 0. The second-order valence-corrected chi connectivity index (χ2v) is 9.17. The van der Waals surface area contributed by atoms with Crippen LogP contribution in [0.2, 0.25) is 0 Å². The van der Waals surface area contributed by atoms with Crippen LogP contribution in [0.5, 0.6) is 0 Å². The van der Waals surface area contributed by atoms with E-state index in [1.54, 1.807) is 0 Å². The lowest BCUT2D eigenvalue weighted by Crippen LogP contribution is -2.59. The second-order valence-electron chi connectivity index (χ2n) is 9.17. The van der Waals surface area contributed by atoms with Crippen LogP contribution >= 0.6 is 0 Å². The molecule has 0 aromatic carbocycles. The summed E-state index contributed by atoms with van der Waals surface area (Å²) in [5.41, 5.74) is 0. The highest BCUT2D eigenvalue weighted by Gasteiger charge is 2.44. The molecule has 1 heterocycles. The Balaban J connectivity index is 2.03. The van der Waals surface area contributed by atoms with Gasteiger partial charge in [-0.25, -0.2) is 0 Å². The molecule has 32 heavy (non-hydrogen) atoms. The van der Waals surface area contributed by atoms with Gasteiger partial charge in [-0.05, 0) is 12.8 Å². The highest BCUT2D eigenvalue weighted by molar-refractivity contribution is 4.88. The molecule has 0 aromatic rings. The molecule has 0 amide bonds. The smallest absolute Gasteiger partial charge is 0.186 e. The third kappa shape index (κ3) is 11.7. The minimum atomic E-state index is -1.49. The predicted octanol–water partition coefficient (Wildman–Crippen LogP) is 2.01. The van der Waals surface area contributed by atoms with Gasteiger partial charge in [-0.1, -0.05) is 84.0 Å². The van der Waals surface area contributed by atoms with Gasteiger partial charge in [-0.15, -0.1) is 0 Å². The van der Waals surface area contributed by atoms with Gasteiger partial charge in [0.25, 0.3) is 0 Å². The molecule has 6 N–H and O–H groups in total. The van der Waals surface area contributed by atoms with Gasteiger partial charge in [0.15, 0.2) is 6.29 Å². The van der Waals surface area contributed by atoms with Crippen molar-refractivity contribution < 1.29 is 40.1 Å². The Hall–Kier alpha value is -0.320. The quantitative estimate of drug-likeness (QED) is 0.160. The molecule has 0 radical (unpaired) electrons. The van der Waals surface area contributed by atoms with E-state index in [2.05, 4.69) is 6.92 Å². The zero-order valence-electron chi connectivity index (χ0n) is 19.9. The van der Waals surface area contributed by atoms with Crippen molar-refractivity contribution >= 4 is 0 Å². The number of aliphatic hydroxyl groups is 6. The van der Waals surface area contributed by atoms with E-state index in [0.29, 0.717) is 6.42 Å². The van der Waals surface area contributed by atoms with Gasteiger partial charge < -0.3 is 40.1 Å². The van der Waals surface area contributed by atoms with Crippen LogP contribution < -0.4 is 0 Å². The average molecular weight is 465 g/mol. The van der Waals surface area contributed by atoms with Crippen molar-refractivity contribution in [3.63, 3.8) is 0 Å². The van der Waals surface area contributed by atoms with Crippen molar-refractivity contribution in [2.45, 2.75) is 140 Å². The summed E-state index contributed by atoms with van der Waals surface area (Å²) in [5.74, 6) is 0. The molecule has 1 aliphatic heterocycles. The number of ether oxygens (including phenoxy) is 2. The third-order valence-corrected chi connectivity index (χ3v) is 6.34. The van der Waals surface area contributed by atoms with Crippen LogP contribution in [0.15, 0.2) is 0 Å². The van der Waals surface area contributed by atoms with Crippen molar-refractivity contribution in [2.75, 3.05) is 13.2 Å². The maximum Gasteiger partial charge on any atom is 0.186 e. The van der Waals surface area contributed by atoms with Gasteiger partial charge in [0, 0.05) is 0 Å². The third-order valence-electron chi connectivity index (χ3n) is 6.34. The van der Waals surface area contributed by atoms with E-state index in [-0.39, 0.29) is 13.0 Å². The number of unbranched alkanes of at least 4 members (excludes halogenated alkanes) is 11. The molecule has 1 aliphatic rings. The predicted molar refractivity (Wildman–Crippen MR) is 122 cm³/mol. The standard InChI is InChI=1S/C24H48O8/c1-2-3-4-5-6-7-8-9-10-11-12-13-14-18(26)19(27)15-16-31-24-23(30)22(29)21(28)20(17-25)32-24/h18-30H,2-17H2,1H3/t18-,19?,20?,21?,22?,23?,24?/m1/s1. The normalized spacial score (nSPS) is 28.0. The topological polar surface area (TPSA) is 140 Å². The fraction of sp³-hybridized carbons (Fsp3) is 1.00. The first-order chi connectivity index (χ1) is 15.4. The molecule has 7 atom stereocenters. The Labute approximate surface area is 193 Å². The SMILES string of the molecule is CCCCCCCCCCCCCC[C@@H](O)C(O)CCOC1OC(CO)C(O)C(O)C1O. The lowest BCUT2D eigenvalue weighted by Gasteiger charge is -2.39. The summed E-state index contributed by atoms with van der Waals surface area (Å²) in [4.78, 5) is 0. The van der Waals surface area contributed by atoms with Crippen LogP contribution in [0.1, 0.15) is 96.8 Å². The van der Waals surface area contributed by atoms with E-state index in [1.807, 2.05) is 0 Å². The monoisotopic (exact) mass is 464 g/mol. The summed E-state index contributed by atoms with van der Waals surface area (Å²) in [6, 6.07) is 0. The van der Waals surface area contributed by atoms with Crippen molar-refractivity contribution in [1.29, 1.82) is 0 Å². The molecule has 0 aromatic heterocycles. The molecular formula is C24H48O8. The second kappa shape index (κ2) is 18.1. The van der Waals surface area contributed by atoms with Crippen LogP contribution in [0, 0.1) is 0 Å². The molecule has 0 saturated carbocycles. The Morgan fingerprint density at radius 1 is 0.688 bits per heavy atom. The van der Waals surface area contributed by atoms with Gasteiger partial charge in [-0.3, -0.25) is 0 Å². The minimum Gasteiger partial charge on any atom is -0.394 e. The van der Waals surface area contributed by atoms with E-state index in [1.165, 1.54) is 57.8 Å². The molecule has 6 unspecified atom stereocenters. The van der Waals surface area contributed by atoms with Gasteiger partial charge >= 0.3 is 0 Å². The number of hydrogen-bond donors (Lipinski definition) is 6. The summed E-state index contributed by atoms with van der Waals surface area (Å²) in [7, 11) is 0. The van der Waals surface area contributed by atoms with Crippen LogP contribution in [0.3, 0.4) is 0 Å². The molecule has 1 rings (SSSR count). The van der Waals surface area contributed by atoms with Crippen LogP contribution in [0.4, 0.5) is 0 Å².